The Balaban J connectivity index is 1.40. The number of nitrogens with zero attached hydrogens (tertiary/aromatic N) is 2. The highest BCUT2D eigenvalue weighted by Crippen LogP contribution is 2.36. The summed E-state index contributed by atoms with van der Waals surface area (Å²) in [6, 6.07) is 8.88. The van der Waals surface area contributed by atoms with Gasteiger partial charge < -0.3 is 19.7 Å². The van der Waals surface area contributed by atoms with Gasteiger partial charge in [0.25, 0.3) is 0 Å². The summed E-state index contributed by atoms with van der Waals surface area (Å²) in [6.45, 7) is 0.903. The van der Waals surface area contributed by atoms with Gasteiger partial charge in [-0.2, -0.15) is 0 Å². The third-order valence-corrected chi connectivity index (χ3v) is 4.59. The molecule has 1 fully saturated rings. The van der Waals surface area contributed by atoms with Crippen molar-refractivity contribution in [2.75, 3.05) is 36.6 Å². The molecule has 0 spiro atoms. The van der Waals surface area contributed by atoms with Crippen molar-refractivity contribution in [3.8, 4) is 11.5 Å². The first kappa shape index (κ1) is 17.4. The van der Waals surface area contributed by atoms with Gasteiger partial charge >= 0.3 is 6.03 Å². The number of hydrogen-bond acceptors (Lipinski definition) is 4. The van der Waals surface area contributed by atoms with Crippen LogP contribution in [0.25, 0.3) is 0 Å². The van der Waals surface area contributed by atoms with E-state index in [9.17, 15) is 14.0 Å². The maximum Gasteiger partial charge on any atom is 0.325 e. The first-order valence-corrected chi connectivity index (χ1v) is 8.60. The highest BCUT2D eigenvalue weighted by molar-refractivity contribution is 6.31. The molecule has 0 aliphatic carbocycles. The average Bonchev–Trinajstić information content (AvgIpc) is 3.24. The number of nitrogens with one attached hydrogen (secondary N) is 1. The second-order valence-electron chi connectivity index (χ2n) is 6.07. The minimum atomic E-state index is -0.566. The van der Waals surface area contributed by atoms with E-state index in [0.717, 1.165) is 0 Å². The lowest BCUT2D eigenvalue weighted by Gasteiger charge is -2.18. The Morgan fingerprint density at radius 1 is 1.15 bits per heavy atom. The van der Waals surface area contributed by atoms with Gasteiger partial charge in [0.15, 0.2) is 11.5 Å². The van der Waals surface area contributed by atoms with E-state index in [-0.39, 0.29) is 24.4 Å². The van der Waals surface area contributed by atoms with Gasteiger partial charge in [-0.05, 0) is 30.3 Å². The van der Waals surface area contributed by atoms with Crippen molar-refractivity contribution in [3.63, 3.8) is 0 Å². The van der Waals surface area contributed by atoms with Crippen molar-refractivity contribution in [1.29, 1.82) is 0 Å². The van der Waals surface area contributed by atoms with Gasteiger partial charge in [-0.15, -0.1) is 0 Å². The van der Waals surface area contributed by atoms with Gasteiger partial charge in [0, 0.05) is 30.5 Å². The minimum Gasteiger partial charge on any atom is -0.454 e. The lowest BCUT2D eigenvalue weighted by Crippen LogP contribution is -2.37. The Bertz CT molecular complexity index is 923. The van der Waals surface area contributed by atoms with Crippen molar-refractivity contribution in [3.05, 3.63) is 47.2 Å². The van der Waals surface area contributed by atoms with Crippen molar-refractivity contribution in [2.45, 2.75) is 0 Å². The first-order valence-electron chi connectivity index (χ1n) is 8.22. The molecule has 2 aromatic rings. The van der Waals surface area contributed by atoms with Gasteiger partial charge in [0.05, 0.1) is 5.02 Å². The number of halogens is 2. The van der Waals surface area contributed by atoms with E-state index >= 15 is 0 Å². The van der Waals surface area contributed by atoms with E-state index in [0.29, 0.717) is 36.0 Å². The Labute approximate surface area is 159 Å². The molecule has 1 saturated heterocycles. The van der Waals surface area contributed by atoms with Crippen LogP contribution in [0.5, 0.6) is 11.5 Å². The van der Waals surface area contributed by atoms with Crippen LogP contribution >= 0.6 is 11.6 Å². The van der Waals surface area contributed by atoms with Gasteiger partial charge in [-0.25, -0.2) is 9.18 Å². The molecular weight excluding hydrogens is 377 g/mol. The van der Waals surface area contributed by atoms with Crippen LogP contribution in [-0.4, -0.2) is 43.3 Å². The Hall–Kier alpha value is -3.00. The number of ether oxygens (including phenoxy) is 2. The quantitative estimate of drug-likeness (QED) is 0.869. The molecule has 0 saturated carbocycles. The van der Waals surface area contributed by atoms with E-state index in [1.807, 2.05) is 0 Å². The average molecular weight is 392 g/mol. The van der Waals surface area contributed by atoms with Crippen LogP contribution in [0.4, 0.5) is 20.6 Å². The molecule has 9 heteroatoms. The normalized spacial score (nSPS) is 15.4. The lowest BCUT2D eigenvalue weighted by molar-refractivity contribution is -0.116. The predicted octanol–water partition coefficient (Wildman–Crippen LogP) is 3.09. The van der Waals surface area contributed by atoms with Crippen LogP contribution in [0, 0.1) is 5.82 Å². The van der Waals surface area contributed by atoms with Crippen LogP contribution in [0.15, 0.2) is 36.4 Å². The molecule has 0 atom stereocenters. The first-order chi connectivity index (χ1) is 13.0. The zero-order chi connectivity index (χ0) is 19.0. The van der Waals surface area contributed by atoms with Gasteiger partial charge in [0.2, 0.25) is 12.7 Å². The molecule has 2 aliphatic rings. The summed E-state index contributed by atoms with van der Waals surface area (Å²) in [4.78, 5) is 27.8. The van der Waals surface area contributed by atoms with Crippen LogP contribution in [0.3, 0.4) is 0 Å². The maximum atomic E-state index is 13.2. The molecule has 4 rings (SSSR count). The molecule has 0 bridgehead atoms. The molecule has 2 heterocycles. The molecule has 0 radical (unpaired) electrons. The summed E-state index contributed by atoms with van der Waals surface area (Å²) in [5, 5.41) is 2.52. The van der Waals surface area contributed by atoms with Gasteiger partial charge in [-0.3, -0.25) is 9.69 Å². The summed E-state index contributed by atoms with van der Waals surface area (Å²) in [6.07, 6.45) is 0. The third-order valence-electron chi connectivity index (χ3n) is 4.30. The van der Waals surface area contributed by atoms with Crippen molar-refractivity contribution >= 4 is 34.9 Å². The smallest absolute Gasteiger partial charge is 0.325 e. The number of urea groups is 1. The maximum absolute atomic E-state index is 13.2. The molecular formula is C18H15ClFN3O4. The van der Waals surface area contributed by atoms with Crippen LogP contribution in [0.1, 0.15) is 0 Å². The van der Waals surface area contributed by atoms with Crippen molar-refractivity contribution in [2.24, 2.45) is 0 Å². The fourth-order valence-corrected chi connectivity index (χ4v) is 3.15. The Morgan fingerprint density at radius 3 is 2.78 bits per heavy atom. The predicted molar refractivity (Wildman–Crippen MR) is 96.9 cm³/mol. The fraction of sp³-hybridized carbons (Fsp3) is 0.222. The fourth-order valence-electron chi connectivity index (χ4n) is 2.97. The standard InChI is InChI=1S/C18H15ClFN3O4/c19-13-7-11(1-3-14(13)20)21-17(24)9-22-5-6-23(18(22)25)12-2-4-15-16(8-12)27-10-26-15/h1-4,7-8H,5-6,9-10H2,(H,21,24). The van der Waals surface area contributed by atoms with E-state index in [4.69, 9.17) is 21.1 Å². The number of fused-ring (bicyclic) bond motifs is 1. The number of rotatable bonds is 4. The summed E-state index contributed by atoms with van der Waals surface area (Å²) >= 11 is 5.70. The number of amides is 3. The van der Waals surface area contributed by atoms with E-state index in [1.165, 1.54) is 23.1 Å². The Morgan fingerprint density at radius 2 is 1.96 bits per heavy atom. The van der Waals surface area contributed by atoms with Gasteiger partial charge in [-0.1, -0.05) is 11.6 Å². The minimum absolute atomic E-state index is 0.0842. The van der Waals surface area contributed by atoms with E-state index in [2.05, 4.69) is 5.32 Å². The van der Waals surface area contributed by atoms with Crippen molar-refractivity contribution in [1.82, 2.24) is 4.90 Å². The highest BCUT2D eigenvalue weighted by Gasteiger charge is 2.31. The third kappa shape index (κ3) is 3.48. The number of benzene rings is 2. The summed E-state index contributed by atoms with van der Waals surface area (Å²) in [5.41, 5.74) is 1.04. The molecule has 0 unspecified atom stereocenters. The number of hydrogen-bond donors (Lipinski definition) is 1. The lowest BCUT2D eigenvalue weighted by atomic mass is 10.2. The van der Waals surface area contributed by atoms with E-state index < -0.39 is 11.7 Å². The topological polar surface area (TPSA) is 71.1 Å². The monoisotopic (exact) mass is 391 g/mol. The van der Waals surface area contributed by atoms with Crippen LogP contribution in [0.2, 0.25) is 5.02 Å². The zero-order valence-corrected chi connectivity index (χ0v) is 14.8. The van der Waals surface area contributed by atoms with E-state index in [1.54, 1.807) is 23.1 Å². The van der Waals surface area contributed by atoms with Crippen LogP contribution < -0.4 is 19.7 Å². The summed E-state index contributed by atoms with van der Waals surface area (Å²) in [5.74, 6) is 0.270. The summed E-state index contributed by atoms with van der Waals surface area (Å²) in [7, 11) is 0. The summed E-state index contributed by atoms with van der Waals surface area (Å²) < 4.78 is 23.8. The molecule has 140 valence electrons. The zero-order valence-electron chi connectivity index (χ0n) is 14.1. The highest BCUT2D eigenvalue weighted by atomic mass is 35.5. The number of carbonyl (C=O) groups excluding carboxylic acids is 2. The van der Waals surface area contributed by atoms with Crippen LogP contribution in [-0.2, 0) is 4.79 Å². The SMILES string of the molecule is O=C(CN1CCN(c2ccc3c(c2)OCO3)C1=O)Nc1ccc(F)c(Cl)c1. The largest absolute Gasteiger partial charge is 0.454 e. The molecule has 0 aromatic heterocycles. The van der Waals surface area contributed by atoms with Crippen molar-refractivity contribution < 1.29 is 23.5 Å². The molecule has 3 amide bonds. The molecule has 1 N–H and O–H groups in total. The molecule has 2 aromatic carbocycles. The second-order valence-corrected chi connectivity index (χ2v) is 6.48. The second kappa shape index (κ2) is 6.96. The number of carbonyl (C=O) groups is 2. The Kier molecular flexibility index (Phi) is 4.49. The molecule has 2 aliphatic heterocycles. The van der Waals surface area contributed by atoms with Gasteiger partial charge in [0.1, 0.15) is 12.4 Å². The molecule has 27 heavy (non-hydrogen) atoms. The molecule has 7 nitrogen and oxygen atoms in total. The number of anilines is 2.